The topological polar surface area (TPSA) is 271 Å². The second-order valence-electron chi connectivity index (χ2n) is 12.1. The van der Waals surface area contributed by atoms with E-state index in [0.717, 1.165) is 36.4 Å². The third-order valence-electron chi connectivity index (χ3n) is 8.26. The van der Waals surface area contributed by atoms with E-state index in [4.69, 9.17) is 4.74 Å². The van der Waals surface area contributed by atoms with Crippen LogP contribution in [0.4, 0.5) is 0 Å². The molecule has 0 saturated heterocycles. The molecule has 1 amide bonds. The highest BCUT2D eigenvalue weighted by atomic mass is 32.2. The van der Waals surface area contributed by atoms with Crippen LogP contribution in [0, 0.1) is 6.92 Å². The first kappa shape index (κ1) is 38.9. The Morgan fingerprint density at radius 3 is 1.27 bits per heavy atom. The SMILES string of the molecule is CSCNC(=O)COc1c2cc(S(=O)(=O)[O-])cc1Cc1cc(S(=O)(=O)[O-])cc(c1O)Cc1cc(C)cc(c1O)Cc1cc(S(=O)(=O)[O-])cc(c1O)C2. The van der Waals surface area contributed by atoms with Crippen LogP contribution >= 0.6 is 11.8 Å². The summed E-state index contributed by atoms with van der Waals surface area (Å²) in [5, 5.41) is 36.8. The van der Waals surface area contributed by atoms with Crippen molar-refractivity contribution in [2.45, 2.75) is 47.3 Å². The van der Waals surface area contributed by atoms with Gasteiger partial charge in [0.1, 0.15) is 53.4 Å². The second kappa shape index (κ2) is 14.6. The van der Waals surface area contributed by atoms with Gasteiger partial charge in [0, 0.05) is 36.8 Å². The first-order chi connectivity index (χ1) is 24.1. The third kappa shape index (κ3) is 8.63. The molecule has 0 spiro atoms. The zero-order valence-electron chi connectivity index (χ0n) is 27.3. The number of phenolic OH excluding ortho intramolecular Hbond substituents is 3. The van der Waals surface area contributed by atoms with Crippen LogP contribution in [0.5, 0.6) is 23.0 Å². The number of carbonyl (C=O) groups excluding carboxylic acids is 1. The number of ether oxygens (including phenoxy) is 1. The lowest BCUT2D eigenvalue weighted by Gasteiger charge is -2.22. The summed E-state index contributed by atoms with van der Waals surface area (Å²) >= 11 is 1.28. The van der Waals surface area contributed by atoms with E-state index in [1.54, 1.807) is 13.2 Å². The molecule has 0 aromatic heterocycles. The number of hydrogen-bond donors (Lipinski definition) is 4. The van der Waals surface area contributed by atoms with Crippen molar-refractivity contribution in [1.82, 2.24) is 5.32 Å². The Balaban J connectivity index is 1.89. The highest BCUT2D eigenvalue weighted by molar-refractivity contribution is 7.98. The monoisotopic (exact) mass is 792 g/mol. The fourth-order valence-corrected chi connectivity index (χ4v) is 7.99. The van der Waals surface area contributed by atoms with E-state index in [2.05, 4.69) is 5.32 Å². The zero-order chi connectivity index (χ0) is 38.3. The standard InChI is InChI=1S/C33H33NO14S4/c1-17-3-18-5-20-9-26(50(39,40)41)11-22(31(20)37)7-24-13-28(52(45,46)47)14-25(33(24)48-15-29(35)34-16-49-2)8-23-12-27(51(42,43)44)10-21(32(23)38)6-19(4-17)30(18)36/h3-4,9-14,36-38H,5-8,15-16H2,1-2H3,(H,34,35)(H,39,40,41)(H,42,43,44)(H,45,46,47)/p-3. The van der Waals surface area contributed by atoms with Crippen molar-refractivity contribution in [2.75, 3.05) is 18.7 Å². The van der Waals surface area contributed by atoms with Gasteiger partial charge in [0.15, 0.2) is 6.61 Å². The van der Waals surface area contributed by atoms with E-state index < -0.39 is 81.9 Å². The van der Waals surface area contributed by atoms with Crippen molar-refractivity contribution in [1.29, 1.82) is 0 Å². The second-order valence-corrected chi connectivity index (χ2v) is 17.1. The number of nitrogens with one attached hydrogen (secondary N) is 1. The van der Waals surface area contributed by atoms with E-state index >= 15 is 0 Å². The van der Waals surface area contributed by atoms with Gasteiger partial charge in [0.05, 0.1) is 20.6 Å². The zero-order valence-corrected chi connectivity index (χ0v) is 30.6. The molecule has 8 bridgehead atoms. The minimum atomic E-state index is -5.27. The van der Waals surface area contributed by atoms with Gasteiger partial charge in [-0.2, -0.15) is 0 Å². The van der Waals surface area contributed by atoms with E-state index in [-0.39, 0.29) is 74.7 Å². The first-order valence-electron chi connectivity index (χ1n) is 15.1. The van der Waals surface area contributed by atoms with Crippen molar-refractivity contribution in [3.05, 3.63) is 98.6 Å². The molecule has 1 aliphatic carbocycles. The normalized spacial score (nSPS) is 13.4. The van der Waals surface area contributed by atoms with Gasteiger partial charge >= 0.3 is 0 Å². The average molecular weight is 793 g/mol. The molecule has 19 heteroatoms. The van der Waals surface area contributed by atoms with Gasteiger partial charge in [-0.3, -0.25) is 4.79 Å². The van der Waals surface area contributed by atoms with Gasteiger partial charge < -0.3 is 39.0 Å². The molecular formula is C33H30NO14S4-3. The lowest BCUT2D eigenvalue weighted by molar-refractivity contribution is -0.122. The van der Waals surface area contributed by atoms with E-state index in [0.29, 0.717) is 5.56 Å². The smallest absolute Gasteiger partial charge is 0.258 e. The number of amides is 1. The molecule has 0 radical (unpaired) electrons. The van der Waals surface area contributed by atoms with E-state index in [1.165, 1.54) is 23.9 Å². The predicted molar refractivity (Wildman–Crippen MR) is 183 cm³/mol. The predicted octanol–water partition coefficient (Wildman–Crippen LogP) is 2.32. The summed E-state index contributed by atoms with van der Waals surface area (Å²) in [6.07, 6.45) is -0.219. The highest BCUT2D eigenvalue weighted by Gasteiger charge is 2.24. The molecule has 4 aromatic rings. The Labute approximate surface area is 303 Å². The molecule has 4 N–H and O–H groups in total. The van der Waals surface area contributed by atoms with Crippen LogP contribution in [0.25, 0.3) is 0 Å². The average Bonchev–Trinajstić information content (AvgIpc) is 3.03. The lowest BCUT2D eigenvalue weighted by Crippen LogP contribution is -2.28. The highest BCUT2D eigenvalue weighted by Crippen LogP contribution is 2.40. The van der Waals surface area contributed by atoms with Crippen LogP contribution in [0.15, 0.2) is 63.2 Å². The van der Waals surface area contributed by atoms with E-state index in [1.807, 2.05) is 0 Å². The summed E-state index contributed by atoms with van der Waals surface area (Å²) in [5.41, 5.74) is -0.412. The van der Waals surface area contributed by atoms with Gasteiger partial charge in [-0.15, -0.1) is 11.8 Å². The molecule has 0 fully saturated rings. The first-order valence-corrected chi connectivity index (χ1v) is 20.7. The Hall–Kier alpha value is -4.37. The lowest BCUT2D eigenvalue weighted by atomic mass is 9.90. The molecule has 0 atom stereocenters. The molecule has 52 heavy (non-hydrogen) atoms. The minimum Gasteiger partial charge on any atom is -0.744 e. The van der Waals surface area contributed by atoms with Crippen LogP contribution in [0.3, 0.4) is 0 Å². The Bertz CT molecular complexity index is 2310. The Morgan fingerprint density at radius 2 is 0.942 bits per heavy atom. The van der Waals surface area contributed by atoms with Crippen molar-refractivity contribution < 1.29 is 63.8 Å². The third-order valence-corrected chi connectivity index (χ3v) is 11.1. The number of carbonyl (C=O) groups is 1. The largest absolute Gasteiger partial charge is 0.744 e. The van der Waals surface area contributed by atoms with Gasteiger partial charge in [-0.1, -0.05) is 17.7 Å². The fraction of sp³-hybridized carbons (Fsp3) is 0.242. The Morgan fingerprint density at radius 1 is 0.635 bits per heavy atom. The Kier molecular flexibility index (Phi) is 10.9. The molecule has 278 valence electrons. The fourth-order valence-electron chi connectivity index (χ4n) is 5.96. The number of hydrogen-bond acceptors (Lipinski definition) is 15. The van der Waals surface area contributed by atoms with Crippen LogP contribution < -0.4 is 10.1 Å². The summed E-state index contributed by atoms with van der Waals surface area (Å²) in [4.78, 5) is 10.2. The summed E-state index contributed by atoms with van der Waals surface area (Å²) in [7, 11) is -15.6. The minimum absolute atomic E-state index is 0.123. The van der Waals surface area contributed by atoms with E-state index in [9.17, 15) is 59.0 Å². The van der Waals surface area contributed by atoms with Crippen molar-refractivity contribution in [2.24, 2.45) is 0 Å². The molecule has 0 heterocycles. The molecule has 0 saturated carbocycles. The maximum Gasteiger partial charge on any atom is 0.258 e. The summed E-state index contributed by atoms with van der Waals surface area (Å²) < 4.78 is 117. The summed E-state index contributed by atoms with van der Waals surface area (Å²) in [5.74, 6) is -2.20. The van der Waals surface area contributed by atoms with Gasteiger partial charge in [0.2, 0.25) is 0 Å². The molecule has 5 rings (SSSR count). The molecule has 15 nitrogen and oxygen atoms in total. The number of aromatic hydroxyl groups is 3. The summed E-state index contributed by atoms with van der Waals surface area (Å²) in [6.45, 7) is 0.963. The molecular weight excluding hydrogens is 763 g/mol. The number of fused-ring (bicyclic) bond motifs is 8. The molecule has 4 aromatic carbocycles. The van der Waals surface area contributed by atoms with Gasteiger partial charge in [-0.05, 0) is 83.0 Å². The van der Waals surface area contributed by atoms with Crippen LogP contribution in [0.2, 0.25) is 0 Å². The van der Waals surface area contributed by atoms with Crippen molar-refractivity contribution in [3.63, 3.8) is 0 Å². The van der Waals surface area contributed by atoms with Crippen molar-refractivity contribution >= 4 is 48.0 Å². The maximum atomic E-state index is 12.6. The molecule has 0 aliphatic heterocycles. The van der Waals surface area contributed by atoms with Crippen molar-refractivity contribution in [3.8, 4) is 23.0 Å². The quantitative estimate of drug-likeness (QED) is 0.130. The summed E-state index contributed by atoms with van der Waals surface area (Å²) in [6, 6.07) is 8.25. The number of rotatable bonds is 8. The number of thioether (sulfide) groups is 1. The molecule has 0 unspecified atom stereocenters. The number of aryl methyl sites for hydroxylation is 1. The van der Waals surface area contributed by atoms with Crippen LogP contribution in [-0.4, -0.2) is 78.9 Å². The van der Waals surface area contributed by atoms with Crippen LogP contribution in [0.1, 0.15) is 50.1 Å². The van der Waals surface area contributed by atoms with Gasteiger partial charge in [-0.25, -0.2) is 25.3 Å². The van der Waals surface area contributed by atoms with Gasteiger partial charge in [0.25, 0.3) is 5.91 Å². The van der Waals surface area contributed by atoms with Crippen LogP contribution in [-0.2, 0) is 60.8 Å². The number of benzene rings is 4. The molecule has 1 aliphatic rings. The maximum absolute atomic E-state index is 12.6. The number of phenols is 3.